The van der Waals surface area contributed by atoms with Gasteiger partial charge in [0.1, 0.15) is 0 Å². The Balaban J connectivity index is 2.06. The van der Waals surface area contributed by atoms with Crippen molar-refractivity contribution >= 4 is 9.28 Å². The van der Waals surface area contributed by atoms with Gasteiger partial charge in [-0.25, -0.2) is 0 Å². The van der Waals surface area contributed by atoms with E-state index in [1.54, 1.807) is 0 Å². The molecular formula is C13H30N2O4Si. The largest absolute Gasteiger partial charge is 0.413 e. The summed E-state index contributed by atoms with van der Waals surface area (Å²) in [6.45, 7) is 7.51. The first-order valence-corrected chi connectivity index (χ1v) is 9.25. The van der Waals surface area contributed by atoms with Crippen molar-refractivity contribution in [2.45, 2.75) is 31.4 Å². The summed E-state index contributed by atoms with van der Waals surface area (Å²) in [5, 5.41) is 9.93. The number of rotatable bonds is 9. The third-order valence-corrected chi connectivity index (χ3v) is 5.60. The smallest absolute Gasteiger partial charge is 0.319 e. The van der Waals surface area contributed by atoms with E-state index in [1.807, 2.05) is 6.92 Å². The fourth-order valence-electron chi connectivity index (χ4n) is 2.40. The number of ether oxygens (including phenoxy) is 1. The monoisotopic (exact) mass is 306 g/mol. The maximum absolute atomic E-state index is 9.93. The highest BCUT2D eigenvalue weighted by Crippen LogP contribution is 2.16. The zero-order valence-corrected chi connectivity index (χ0v) is 13.9. The minimum Gasteiger partial charge on any atom is -0.413 e. The Morgan fingerprint density at radius 2 is 1.85 bits per heavy atom. The fourth-order valence-corrected chi connectivity index (χ4v) is 3.26. The highest BCUT2D eigenvalue weighted by molar-refractivity contribution is 6.43. The topological polar surface area (TPSA) is 76.4 Å². The number of hydrogen-bond donors (Lipinski definition) is 3. The van der Waals surface area contributed by atoms with Crippen LogP contribution in [0.2, 0.25) is 5.54 Å². The van der Waals surface area contributed by atoms with Crippen LogP contribution in [0.1, 0.15) is 19.8 Å². The summed E-state index contributed by atoms with van der Waals surface area (Å²) in [4.78, 5) is 23.0. The number of likely N-dealkylation sites (N-methyl/N-ethyl adjacent to an activating group) is 1. The second-order valence-electron chi connectivity index (χ2n) is 5.70. The summed E-state index contributed by atoms with van der Waals surface area (Å²) in [5.74, 6) is 0. The van der Waals surface area contributed by atoms with E-state index in [1.165, 1.54) is 0 Å². The Morgan fingerprint density at radius 1 is 1.20 bits per heavy atom. The molecule has 0 radical (unpaired) electrons. The van der Waals surface area contributed by atoms with Crippen molar-refractivity contribution in [3.8, 4) is 0 Å². The summed E-state index contributed by atoms with van der Waals surface area (Å²) < 4.78 is 5.45. The molecule has 0 aromatic carbocycles. The average Bonchev–Trinajstić information content (AvgIpc) is 2.41. The van der Waals surface area contributed by atoms with Crippen molar-refractivity contribution in [1.82, 2.24) is 9.80 Å². The molecule has 0 aliphatic carbocycles. The number of aliphatic hydroxyl groups is 1. The highest BCUT2D eigenvalue weighted by Gasteiger charge is 2.19. The SMILES string of the molecule is CCC(CCOCC(O)CN1CCN(C)CC1)[SiH](O)O. The number of aliphatic hydroxyl groups excluding tert-OH is 1. The van der Waals surface area contributed by atoms with Gasteiger partial charge in [-0.3, -0.25) is 4.90 Å². The predicted octanol–water partition coefficient (Wildman–Crippen LogP) is -1.01. The maximum Gasteiger partial charge on any atom is 0.319 e. The second kappa shape index (κ2) is 9.83. The van der Waals surface area contributed by atoms with Crippen LogP contribution in [0.25, 0.3) is 0 Å². The van der Waals surface area contributed by atoms with Crippen LogP contribution >= 0.6 is 0 Å². The van der Waals surface area contributed by atoms with Crippen LogP contribution in [0.15, 0.2) is 0 Å². The molecule has 1 heterocycles. The van der Waals surface area contributed by atoms with Crippen molar-refractivity contribution in [3.63, 3.8) is 0 Å². The number of piperazine rings is 1. The number of β-amino-alcohol motifs (C(OH)–C–C–N with tert-alkyl or cyclic N) is 1. The van der Waals surface area contributed by atoms with Gasteiger partial charge >= 0.3 is 9.28 Å². The molecule has 1 fully saturated rings. The van der Waals surface area contributed by atoms with E-state index < -0.39 is 15.4 Å². The Labute approximate surface area is 123 Å². The Morgan fingerprint density at radius 3 is 2.40 bits per heavy atom. The van der Waals surface area contributed by atoms with Crippen molar-refractivity contribution in [3.05, 3.63) is 0 Å². The molecule has 1 aliphatic heterocycles. The zero-order valence-electron chi connectivity index (χ0n) is 12.7. The normalized spacial score (nSPS) is 21.3. The van der Waals surface area contributed by atoms with Crippen LogP contribution in [-0.2, 0) is 4.74 Å². The van der Waals surface area contributed by atoms with E-state index in [-0.39, 0.29) is 5.54 Å². The molecular weight excluding hydrogens is 276 g/mol. The molecule has 1 aliphatic rings. The Bertz CT molecular complexity index is 251. The van der Waals surface area contributed by atoms with E-state index in [9.17, 15) is 14.7 Å². The lowest BCUT2D eigenvalue weighted by Crippen LogP contribution is -2.47. The van der Waals surface area contributed by atoms with Gasteiger partial charge in [0.25, 0.3) is 0 Å². The first kappa shape index (κ1) is 18.0. The van der Waals surface area contributed by atoms with Crippen LogP contribution in [0.4, 0.5) is 0 Å². The lowest BCUT2D eigenvalue weighted by atomic mass is 10.2. The van der Waals surface area contributed by atoms with Crippen LogP contribution in [0.5, 0.6) is 0 Å². The summed E-state index contributed by atoms with van der Waals surface area (Å²) >= 11 is 0. The minimum atomic E-state index is -2.54. The number of hydrogen-bond acceptors (Lipinski definition) is 6. The van der Waals surface area contributed by atoms with Gasteiger partial charge in [-0.1, -0.05) is 13.3 Å². The Hall–Kier alpha value is -0.0231. The van der Waals surface area contributed by atoms with Gasteiger partial charge in [-0.05, 0) is 13.5 Å². The van der Waals surface area contributed by atoms with Crippen molar-refractivity contribution in [1.29, 1.82) is 0 Å². The molecule has 0 bridgehead atoms. The number of nitrogens with zero attached hydrogens (tertiary/aromatic N) is 2. The molecule has 1 saturated heterocycles. The van der Waals surface area contributed by atoms with Crippen LogP contribution in [0, 0.1) is 0 Å². The molecule has 6 nitrogen and oxygen atoms in total. The summed E-state index contributed by atoms with van der Waals surface area (Å²) in [6, 6.07) is 0. The minimum absolute atomic E-state index is 0.00947. The van der Waals surface area contributed by atoms with Gasteiger partial charge in [0.05, 0.1) is 12.7 Å². The first-order chi connectivity index (χ1) is 9.52. The average molecular weight is 306 g/mol. The van der Waals surface area contributed by atoms with Crippen molar-refractivity contribution < 1.29 is 19.4 Å². The van der Waals surface area contributed by atoms with Gasteiger partial charge in [-0.15, -0.1) is 0 Å². The summed E-state index contributed by atoms with van der Waals surface area (Å²) in [5.41, 5.74) is -0.00947. The zero-order chi connectivity index (χ0) is 15.0. The lowest BCUT2D eigenvalue weighted by Gasteiger charge is -2.33. The van der Waals surface area contributed by atoms with Gasteiger partial charge in [0.15, 0.2) is 0 Å². The third kappa shape index (κ3) is 7.12. The molecule has 1 rings (SSSR count). The third-order valence-electron chi connectivity index (χ3n) is 3.95. The van der Waals surface area contributed by atoms with Crippen LogP contribution in [-0.4, -0.2) is 92.9 Å². The molecule has 0 aromatic rings. The molecule has 0 saturated carbocycles. The van der Waals surface area contributed by atoms with E-state index >= 15 is 0 Å². The van der Waals surface area contributed by atoms with Gasteiger partial charge in [-0.2, -0.15) is 0 Å². The van der Waals surface area contributed by atoms with E-state index in [2.05, 4.69) is 16.8 Å². The van der Waals surface area contributed by atoms with Gasteiger partial charge in [0, 0.05) is 44.9 Å². The maximum atomic E-state index is 9.93. The van der Waals surface area contributed by atoms with Gasteiger partial charge < -0.3 is 24.3 Å². The standard InChI is InChI=1S/C13H30N2O4Si/c1-3-13(20(17)18)4-9-19-11-12(16)10-15-7-5-14(2)6-8-15/h12-13,16-18,20H,3-11H2,1-2H3. The van der Waals surface area contributed by atoms with Crippen molar-refractivity contribution in [2.75, 3.05) is 53.0 Å². The highest BCUT2D eigenvalue weighted by atomic mass is 28.3. The van der Waals surface area contributed by atoms with Crippen molar-refractivity contribution in [2.24, 2.45) is 0 Å². The first-order valence-electron chi connectivity index (χ1n) is 7.55. The summed E-state index contributed by atoms with van der Waals surface area (Å²) in [6.07, 6.45) is 0.980. The molecule has 20 heavy (non-hydrogen) atoms. The van der Waals surface area contributed by atoms with Crippen LogP contribution in [0.3, 0.4) is 0 Å². The quantitative estimate of drug-likeness (QED) is 0.374. The molecule has 2 unspecified atom stereocenters. The molecule has 3 N–H and O–H groups in total. The van der Waals surface area contributed by atoms with E-state index in [0.29, 0.717) is 26.2 Å². The molecule has 0 aromatic heterocycles. The molecule has 7 heteroatoms. The van der Waals surface area contributed by atoms with E-state index in [4.69, 9.17) is 4.74 Å². The molecule has 2 atom stereocenters. The molecule has 0 amide bonds. The summed E-state index contributed by atoms with van der Waals surface area (Å²) in [7, 11) is -0.434. The molecule has 0 spiro atoms. The second-order valence-corrected chi connectivity index (χ2v) is 7.47. The van der Waals surface area contributed by atoms with E-state index in [0.717, 1.165) is 32.6 Å². The molecule has 120 valence electrons. The lowest BCUT2D eigenvalue weighted by molar-refractivity contribution is 0.00761. The van der Waals surface area contributed by atoms with Crippen LogP contribution < -0.4 is 0 Å². The Kier molecular flexibility index (Phi) is 8.86. The predicted molar refractivity (Wildman–Crippen MR) is 81.0 cm³/mol. The van der Waals surface area contributed by atoms with Gasteiger partial charge in [0.2, 0.25) is 0 Å². The fraction of sp³-hybridized carbons (Fsp3) is 1.00.